The minimum absolute atomic E-state index is 0.682. The predicted molar refractivity (Wildman–Crippen MR) is 229 cm³/mol. The summed E-state index contributed by atoms with van der Waals surface area (Å²) in [4.78, 5) is 14.9. The lowest BCUT2D eigenvalue weighted by molar-refractivity contribution is 0.670. The highest BCUT2D eigenvalue weighted by atomic mass is 16.3. The molecule has 0 saturated heterocycles. The van der Waals surface area contributed by atoms with E-state index in [-0.39, 0.29) is 0 Å². The van der Waals surface area contributed by atoms with E-state index in [4.69, 9.17) is 19.4 Å². The molecule has 0 N–H and O–H groups in total. The summed E-state index contributed by atoms with van der Waals surface area (Å²) in [5, 5.41) is 4.70. The molecule has 4 aromatic heterocycles. The van der Waals surface area contributed by atoms with Crippen molar-refractivity contribution in [1.29, 1.82) is 0 Å². The van der Waals surface area contributed by atoms with Crippen molar-refractivity contribution < 1.29 is 4.42 Å². The van der Waals surface area contributed by atoms with Gasteiger partial charge in [-0.25, -0.2) is 9.97 Å². The van der Waals surface area contributed by atoms with Crippen molar-refractivity contribution in [3.05, 3.63) is 194 Å². The van der Waals surface area contributed by atoms with Gasteiger partial charge in [0.05, 0.1) is 34.3 Å². The van der Waals surface area contributed by atoms with Crippen molar-refractivity contribution in [2.24, 2.45) is 0 Å². The first-order valence-electron chi connectivity index (χ1n) is 18.8. The van der Waals surface area contributed by atoms with Gasteiger partial charge in [0, 0.05) is 55.6 Å². The highest BCUT2D eigenvalue weighted by molar-refractivity contribution is 6.10. The second-order valence-corrected chi connectivity index (χ2v) is 14.1. The van der Waals surface area contributed by atoms with Crippen LogP contribution in [0.5, 0.6) is 0 Å². The van der Waals surface area contributed by atoms with E-state index in [0.29, 0.717) is 5.82 Å². The van der Waals surface area contributed by atoms with Crippen LogP contribution >= 0.6 is 0 Å². The normalized spacial score (nSPS) is 11.6. The maximum Gasteiger partial charge on any atom is 0.160 e. The van der Waals surface area contributed by atoms with Crippen molar-refractivity contribution in [3.63, 3.8) is 0 Å². The van der Waals surface area contributed by atoms with Crippen LogP contribution < -0.4 is 0 Å². The first-order valence-corrected chi connectivity index (χ1v) is 18.8. The third kappa shape index (κ3) is 5.37. The zero-order valence-corrected chi connectivity index (χ0v) is 30.2. The van der Waals surface area contributed by atoms with Crippen LogP contribution in [0, 0.1) is 0 Å². The van der Waals surface area contributed by atoms with Crippen LogP contribution in [0.2, 0.25) is 0 Å². The Hall–Kier alpha value is -7.63. The lowest BCUT2D eigenvalue weighted by Gasteiger charge is -2.12. The smallest absolute Gasteiger partial charge is 0.160 e. The molecule has 0 saturated carbocycles. The van der Waals surface area contributed by atoms with E-state index in [1.54, 1.807) is 0 Å². The molecular formula is C51H32N4O. The van der Waals surface area contributed by atoms with Gasteiger partial charge in [-0.15, -0.1) is 0 Å². The number of furan rings is 1. The molecule has 0 spiro atoms. The number of pyridine rings is 1. The lowest BCUT2D eigenvalue weighted by Crippen LogP contribution is -1.96. The molecule has 5 heteroatoms. The van der Waals surface area contributed by atoms with Crippen LogP contribution in [0.15, 0.2) is 199 Å². The second kappa shape index (κ2) is 13.0. The molecule has 5 nitrogen and oxygen atoms in total. The highest BCUT2D eigenvalue weighted by Crippen LogP contribution is 2.37. The summed E-state index contributed by atoms with van der Waals surface area (Å²) in [6.07, 6.45) is 3.87. The average Bonchev–Trinajstić information content (AvgIpc) is 3.83. The average molecular weight is 717 g/mol. The van der Waals surface area contributed by atoms with Gasteiger partial charge in [-0.2, -0.15) is 0 Å². The molecule has 7 aromatic carbocycles. The number of rotatable bonds is 6. The Balaban J connectivity index is 0.955. The molecule has 262 valence electrons. The minimum Gasteiger partial charge on any atom is -0.455 e. The van der Waals surface area contributed by atoms with Crippen LogP contribution in [0.1, 0.15) is 0 Å². The first kappa shape index (κ1) is 31.9. The Morgan fingerprint density at radius 2 is 0.964 bits per heavy atom. The number of benzene rings is 7. The fourth-order valence-electron chi connectivity index (χ4n) is 8.00. The van der Waals surface area contributed by atoms with Gasteiger partial charge in [-0.3, -0.25) is 4.98 Å². The molecule has 0 fully saturated rings. The molecule has 0 aliphatic carbocycles. The maximum absolute atomic E-state index is 6.35. The highest BCUT2D eigenvalue weighted by Gasteiger charge is 2.16. The van der Waals surface area contributed by atoms with Crippen LogP contribution in [-0.2, 0) is 0 Å². The quantitative estimate of drug-likeness (QED) is 0.172. The van der Waals surface area contributed by atoms with Gasteiger partial charge >= 0.3 is 0 Å². The number of hydrogen-bond donors (Lipinski definition) is 0. The zero-order valence-electron chi connectivity index (χ0n) is 30.2. The van der Waals surface area contributed by atoms with Crippen molar-refractivity contribution in [3.8, 4) is 61.8 Å². The summed E-state index contributed by atoms with van der Waals surface area (Å²) in [6.45, 7) is 0. The van der Waals surface area contributed by atoms with Crippen molar-refractivity contribution >= 4 is 43.7 Å². The monoisotopic (exact) mass is 716 g/mol. The summed E-state index contributed by atoms with van der Waals surface area (Å²) >= 11 is 0. The predicted octanol–water partition coefficient (Wildman–Crippen LogP) is 13.2. The molecule has 11 rings (SSSR count). The number of para-hydroxylation sites is 4. The van der Waals surface area contributed by atoms with Crippen LogP contribution in [0.3, 0.4) is 0 Å². The Morgan fingerprint density at radius 1 is 0.393 bits per heavy atom. The molecule has 0 radical (unpaired) electrons. The van der Waals surface area contributed by atoms with E-state index in [1.165, 1.54) is 10.8 Å². The largest absolute Gasteiger partial charge is 0.455 e. The fourth-order valence-corrected chi connectivity index (χ4v) is 8.00. The van der Waals surface area contributed by atoms with Crippen molar-refractivity contribution in [2.75, 3.05) is 0 Å². The molecular weight excluding hydrogens is 685 g/mol. The Bertz CT molecular complexity index is 3180. The molecule has 0 bridgehead atoms. The summed E-state index contributed by atoms with van der Waals surface area (Å²) in [7, 11) is 0. The molecule has 0 unspecified atom stereocenters. The fraction of sp³-hybridized carbons (Fsp3) is 0. The third-order valence-corrected chi connectivity index (χ3v) is 10.7. The standard InChI is InChI=1S/C51H32N4O/c1-2-11-37(12-3-1)51-53-45(30-46(54-51)36-27-23-34(24-28-36)40-16-10-17-44-43-15-6-9-20-49(43)56-50(40)44)35-25-21-33(22-26-35)38-29-39(32-52-31-38)55-47-18-7-4-13-41(47)42-14-5-8-19-48(42)55/h1-32H. The lowest BCUT2D eigenvalue weighted by atomic mass is 9.99. The van der Waals surface area contributed by atoms with Gasteiger partial charge < -0.3 is 8.98 Å². The molecule has 56 heavy (non-hydrogen) atoms. The number of aromatic nitrogens is 4. The van der Waals surface area contributed by atoms with Crippen LogP contribution in [0.25, 0.3) is 106 Å². The van der Waals surface area contributed by atoms with E-state index in [2.05, 4.69) is 156 Å². The van der Waals surface area contributed by atoms with Gasteiger partial charge in [-0.05, 0) is 41.5 Å². The third-order valence-electron chi connectivity index (χ3n) is 10.7. The van der Waals surface area contributed by atoms with Crippen LogP contribution in [0.4, 0.5) is 0 Å². The van der Waals surface area contributed by atoms with Crippen LogP contribution in [-0.4, -0.2) is 19.5 Å². The Labute approximate surface area is 322 Å². The molecule has 0 aliphatic heterocycles. The van der Waals surface area contributed by atoms with E-state index in [9.17, 15) is 0 Å². The minimum atomic E-state index is 0.682. The van der Waals surface area contributed by atoms with E-state index in [1.807, 2.05) is 42.7 Å². The van der Waals surface area contributed by atoms with E-state index in [0.717, 1.165) is 89.0 Å². The van der Waals surface area contributed by atoms with Gasteiger partial charge in [0.25, 0.3) is 0 Å². The van der Waals surface area contributed by atoms with E-state index >= 15 is 0 Å². The molecule has 4 heterocycles. The summed E-state index contributed by atoms with van der Waals surface area (Å²) in [5.41, 5.74) is 14.1. The second-order valence-electron chi connectivity index (χ2n) is 14.1. The Morgan fingerprint density at radius 3 is 1.66 bits per heavy atom. The molecule has 11 aromatic rings. The summed E-state index contributed by atoms with van der Waals surface area (Å²) in [6, 6.07) is 63.3. The van der Waals surface area contributed by atoms with Gasteiger partial charge in [0.1, 0.15) is 11.2 Å². The van der Waals surface area contributed by atoms with Gasteiger partial charge in [0.15, 0.2) is 5.82 Å². The Kier molecular flexibility index (Phi) is 7.42. The van der Waals surface area contributed by atoms with Crippen molar-refractivity contribution in [2.45, 2.75) is 0 Å². The van der Waals surface area contributed by atoms with E-state index < -0.39 is 0 Å². The molecule has 0 amide bonds. The molecule has 0 atom stereocenters. The van der Waals surface area contributed by atoms with Gasteiger partial charge in [-0.1, -0.05) is 152 Å². The maximum atomic E-state index is 6.35. The number of hydrogen-bond acceptors (Lipinski definition) is 4. The number of fused-ring (bicyclic) bond motifs is 6. The molecule has 0 aliphatic rings. The summed E-state index contributed by atoms with van der Waals surface area (Å²) < 4.78 is 8.65. The topological polar surface area (TPSA) is 56.7 Å². The first-order chi connectivity index (χ1) is 27.7. The van der Waals surface area contributed by atoms with Crippen molar-refractivity contribution in [1.82, 2.24) is 19.5 Å². The SMILES string of the molecule is c1ccc(-c2nc(-c3ccc(-c4cncc(-n5c6ccccc6c6ccccc65)c4)cc3)cc(-c3ccc(-c4cccc5c4oc4ccccc45)cc3)n2)cc1. The van der Waals surface area contributed by atoms with Gasteiger partial charge in [0.2, 0.25) is 0 Å². The number of nitrogens with zero attached hydrogens (tertiary/aromatic N) is 4. The zero-order chi connectivity index (χ0) is 37.0. The summed E-state index contributed by atoms with van der Waals surface area (Å²) in [5.74, 6) is 0.682.